The molecule has 3 N–H and O–H groups in total. The van der Waals surface area contributed by atoms with Gasteiger partial charge in [-0.2, -0.15) is 0 Å². The van der Waals surface area contributed by atoms with Crippen LogP contribution in [0, 0.1) is 0 Å². The van der Waals surface area contributed by atoms with Crippen LogP contribution < -0.4 is 5.63 Å². The fourth-order valence-electron chi connectivity index (χ4n) is 3.35. The first-order valence-corrected chi connectivity index (χ1v) is 8.92. The average Bonchev–Trinajstić information content (AvgIpc) is 2.71. The number of hydrogen-bond donors (Lipinski definition) is 3. The van der Waals surface area contributed by atoms with Gasteiger partial charge in [-0.15, -0.1) is 0 Å². The molecule has 2 heterocycles. The summed E-state index contributed by atoms with van der Waals surface area (Å²) in [6, 6.07) is 17.7. The Labute approximate surface area is 160 Å². The van der Waals surface area contributed by atoms with Crippen molar-refractivity contribution in [3.05, 3.63) is 82.2 Å². The van der Waals surface area contributed by atoms with Crippen molar-refractivity contribution in [2.24, 2.45) is 0 Å². The SMILES string of the molecule is O=c1oc2ccccc2cc1[C@H]1O[C@H](O)[C@H](O)[C@@H](OCc2ccccc2)[C@@H]1O. The highest BCUT2D eigenvalue weighted by atomic mass is 16.6. The average molecular weight is 384 g/mol. The van der Waals surface area contributed by atoms with Crippen LogP contribution in [0.4, 0.5) is 0 Å². The van der Waals surface area contributed by atoms with Gasteiger partial charge in [0.1, 0.15) is 30.0 Å². The highest BCUT2D eigenvalue weighted by molar-refractivity contribution is 5.76. The molecule has 2 aromatic carbocycles. The lowest BCUT2D eigenvalue weighted by Crippen LogP contribution is -2.55. The largest absolute Gasteiger partial charge is 0.422 e. The fraction of sp³-hybridized carbons (Fsp3) is 0.286. The molecule has 0 bridgehead atoms. The van der Waals surface area contributed by atoms with Gasteiger partial charge in [0.2, 0.25) is 0 Å². The quantitative estimate of drug-likeness (QED) is 0.585. The van der Waals surface area contributed by atoms with Gasteiger partial charge in [0.25, 0.3) is 0 Å². The predicted molar refractivity (Wildman–Crippen MR) is 99.3 cm³/mol. The lowest BCUT2D eigenvalue weighted by molar-refractivity contribution is -0.294. The number of para-hydroxylation sites is 1. The molecule has 146 valence electrons. The minimum Gasteiger partial charge on any atom is -0.422 e. The normalized spacial score (nSPS) is 27.8. The maximum atomic E-state index is 12.4. The molecule has 3 aromatic rings. The maximum absolute atomic E-state index is 12.4. The second kappa shape index (κ2) is 7.83. The topological polar surface area (TPSA) is 109 Å². The van der Waals surface area contributed by atoms with E-state index in [1.165, 1.54) is 0 Å². The zero-order valence-corrected chi connectivity index (χ0v) is 14.8. The minimum absolute atomic E-state index is 0.0467. The van der Waals surface area contributed by atoms with Crippen molar-refractivity contribution >= 4 is 11.0 Å². The van der Waals surface area contributed by atoms with Gasteiger partial charge in [-0.05, 0) is 17.7 Å². The summed E-state index contributed by atoms with van der Waals surface area (Å²) in [5, 5.41) is 31.7. The number of hydrogen-bond acceptors (Lipinski definition) is 7. The maximum Gasteiger partial charge on any atom is 0.342 e. The molecule has 1 saturated heterocycles. The van der Waals surface area contributed by atoms with E-state index in [1.807, 2.05) is 30.3 Å². The van der Waals surface area contributed by atoms with Gasteiger partial charge in [-0.3, -0.25) is 0 Å². The Bertz CT molecular complexity index is 1000. The van der Waals surface area contributed by atoms with Gasteiger partial charge in [0.15, 0.2) is 6.29 Å². The molecule has 0 aliphatic carbocycles. The van der Waals surface area contributed by atoms with E-state index in [2.05, 4.69) is 0 Å². The van der Waals surface area contributed by atoms with Crippen molar-refractivity contribution in [3.8, 4) is 0 Å². The van der Waals surface area contributed by atoms with Crippen LogP contribution >= 0.6 is 0 Å². The molecule has 5 atom stereocenters. The summed E-state index contributed by atoms with van der Waals surface area (Å²) in [4.78, 5) is 12.4. The van der Waals surface area contributed by atoms with Crippen LogP contribution in [0.15, 0.2) is 69.9 Å². The monoisotopic (exact) mass is 384 g/mol. The van der Waals surface area contributed by atoms with E-state index in [0.29, 0.717) is 11.0 Å². The molecule has 0 amide bonds. The zero-order valence-electron chi connectivity index (χ0n) is 14.8. The van der Waals surface area contributed by atoms with Gasteiger partial charge in [-0.1, -0.05) is 48.5 Å². The number of fused-ring (bicyclic) bond motifs is 1. The highest BCUT2D eigenvalue weighted by Gasteiger charge is 2.46. The molecule has 7 heteroatoms. The van der Waals surface area contributed by atoms with Crippen LogP contribution in [0.25, 0.3) is 11.0 Å². The van der Waals surface area contributed by atoms with Crippen molar-refractivity contribution in [3.63, 3.8) is 0 Å². The molecule has 1 aliphatic heterocycles. The molecule has 0 unspecified atom stereocenters. The van der Waals surface area contributed by atoms with Crippen molar-refractivity contribution in [1.29, 1.82) is 0 Å². The summed E-state index contributed by atoms with van der Waals surface area (Å²) in [6.45, 7) is 0.116. The van der Waals surface area contributed by atoms with Gasteiger partial charge >= 0.3 is 5.63 Å². The van der Waals surface area contributed by atoms with Gasteiger partial charge in [0, 0.05) is 5.39 Å². The Morgan fingerprint density at radius 3 is 2.43 bits per heavy atom. The van der Waals surface area contributed by atoms with Gasteiger partial charge in [0.05, 0.1) is 12.2 Å². The number of ether oxygens (including phenoxy) is 2. The first kappa shape index (κ1) is 18.8. The van der Waals surface area contributed by atoms with Crippen molar-refractivity contribution in [2.75, 3.05) is 0 Å². The molecule has 1 fully saturated rings. The zero-order chi connectivity index (χ0) is 19.7. The molecule has 1 aliphatic rings. The van der Waals surface area contributed by atoms with Crippen LogP contribution in [-0.2, 0) is 16.1 Å². The second-order valence-electron chi connectivity index (χ2n) is 6.72. The summed E-state index contributed by atoms with van der Waals surface area (Å²) in [7, 11) is 0. The fourth-order valence-corrected chi connectivity index (χ4v) is 3.35. The molecule has 7 nitrogen and oxygen atoms in total. The molecule has 0 spiro atoms. The Hall–Kier alpha value is -2.55. The molecule has 1 aromatic heterocycles. The summed E-state index contributed by atoms with van der Waals surface area (Å²) in [6.07, 6.45) is -6.84. The summed E-state index contributed by atoms with van der Waals surface area (Å²) in [5.41, 5.74) is 0.599. The van der Waals surface area contributed by atoms with E-state index in [1.54, 1.807) is 30.3 Å². The van der Waals surface area contributed by atoms with E-state index < -0.39 is 36.3 Å². The lowest BCUT2D eigenvalue weighted by Gasteiger charge is -2.40. The van der Waals surface area contributed by atoms with E-state index in [9.17, 15) is 20.1 Å². The van der Waals surface area contributed by atoms with E-state index in [-0.39, 0.29) is 12.2 Å². The Morgan fingerprint density at radius 1 is 0.929 bits per heavy atom. The second-order valence-corrected chi connectivity index (χ2v) is 6.72. The number of aliphatic hydroxyl groups is 3. The Balaban J connectivity index is 1.62. The van der Waals surface area contributed by atoms with Gasteiger partial charge in [-0.25, -0.2) is 4.79 Å². The third-order valence-electron chi connectivity index (χ3n) is 4.82. The molecule has 28 heavy (non-hydrogen) atoms. The Kier molecular flexibility index (Phi) is 5.25. The number of benzene rings is 2. The molecular weight excluding hydrogens is 364 g/mol. The first-order chi connectivity index (χ1) is 13.5. The van der Waals surface area contributed by atoms with Crippen LogP contribution in [0.1, 0.15) is 17.2 Å². The van der Waals surface area contributed by atoms with Gasteiger partial charge < -0.3 is 29.2 Å². The minimum atomic E-state index is -1.62. The van der Waals surface area contributed by atoms with Crippen molar-refractivity contribution in [2.45, 2.75) is 37.3 Å². The first-order valence-electron chi connectivity index (χ1n) is 8.92. The lowest BCUT2D eigenvalue weighted by atomic mass is 9.94. The molecule has 4 rings (SSSR count). The third kappa shape index (κ3) is 3.58. The Morgan fingerprint density at radius 2 is 1.64 bits per heavy atom. The highest BCUT2D eigenvalue weighted by Crippen LogP contribution is 2.33. The van der Waals surface area contributed by atoms with Crippen molar-refractivity contribution < 1.29 is 29.2 Å². The summed E-state index contributed by atoms with van der Waals surface area (Å²) >= 11 is 0. The standard InChI is InChI=1S/C21H20O7/c22-16-18(14-10-13-8-4-5-9-15(13)27-20(14)24)28-21(25)17(23)19(16)26-11-12-6-2-1-3-7-12/h1-10,16-19,21-23,25H,11H2/t16-,17-,18-,19+,21+/m1/s1. The third-order valence-corrected chi connectivity index (χ3v) is 4.82. The van der Waals surface area contributed by atoms with Crippen LogP contribution in [-0.4, -0.2) is 39.9 Å². The van der Waals surface area contributed by atoms with E-state index in [4.69, 9.17) is 13.9 Å². The number of rotatable bonds is 4. The van der Waals surface area contributed by atoms with Crippen LogP contribution in [0.2, 0.25) is 0 Å². The van der Waals surface area contributed by atoms with Crippen LogP contribution in [0.3, 0.4) is 0 Å². The van der Waals surface area contributed by atoms with Crippen molar-refractivity contribution in [1.82, 2.24) is 0 Å². The molecular formula is C21H20O7. The summed E-state index contributed by atoms with van der Waals surface area (Å²) < 4.78 is 16.3. The number of aliphatic hydroxyl groups excluding tert-OH is 3. The van der Waals surface area contributed by atoms with Crippen LogP contribution in [0.5, 0.6) is 0 Å². The van der Waals surface area contributed by atoms with E-state index in [0.717, 1.165) is 5.56 Å². The molecule has 0 saturated carbocycles. The smallest absolute Gasteiger partial charge is 0.342 e. The molecule has 0 radical (unpaired) electrons. The van der Waals surface area contributed by atoms with E-state index >= 15 is 0 Å². The predicted octanol–water partition coefficient (Wildman–Crippen LogP) is 1.49. The summed E-state index contributed by atoms with van der Waals surface area (Å²) in [5.74, 6) is 0.